The van der Waals surface area contributed by atoms with Crippen LogP contribution >= 0.6 is 0 Å². The Balaban J connectivity index is 2.94. The van der Waals surface area contributed by atoms with E-state index in [0.717, 1.165) is 13.8 Å². The second-order valence-electron chi connectivity index (χ2n) is 4.59. The molecule has 1 aliphatic heterocycles. The number of hydrogen-bond donors (Lipinski definition) is 2. The lowest BCUT2D eigenvalue weighted by atomic mass is 9.97. The van der Waals surface area contributed by atoms with E-state index in [1.54, 1.807) is 0 Å². The molecular weight excluding hydrogens is 286 g/mol. The van der Waals surface area contributed by atoms with Crippen molar-refractivity contribution >= 4 is 17.9 Å². The first-order valence-corrected chi connectivity index (χ1v) is 6.29. The molecular formula is C12H19NO8. The first-order valence-electron chi connectivity index (χ1n) is 6.29. The van der Waals surface area contributed by atoms with Gasteiger partial charge in [-0.2, -0.15) is 0 Å². The summed E-state index contributed by atoms with van der Waals surface area (Å²) < 4.78 is 20.0. The standard InChI is InChI=1S/C12H19NO8/c1-5(14)18-4-8-10(19-6(2)15)11(20-7(3)16)9(13)12(17)21-8/h8-12,17H,4,13H2,1-3H3/t8-,9+,10-,11-,12+/m1/s1. The molecule has 0 aromatic heterocycles. The average molecular weight is 305 g/mol. The molecule has 1 saturated heterocycles. The molecule has 0 aromatic carbocycles. The van der Waals surface area contributed by atoms with Crippen molar-refractivity contribution < 1.29 is 38.4 Å². The summed E-state index contributed by atoms with van der Waals surface area (Å²) in [6.45, 7) is 3.22. The van der Waals surface area contributed by atoms with E-state index in [1.165, 1.54) is 6.92 Å². The molecule has 0 saturated carbocycles. The summed E-state index contributed by atoms with van der Waals surface area (Å²) in [6.07, 6.45) is -4.67. The number of aliphatic hydroxyl groups is 1. The third kappa shape index (κ3) is 4.96. The van der Waals surface area contributed by atoms with Crippen LogP contribution in [0.25, 0.3) is 0 Å². The van der Waals surface area contributed by atoms with Crippen LogP contribution in [0.2, 0.25) is 0 Å². The summed E-state index contributed by atoms with van der Waals surface area (Å²) in [5.74, 6) is -1.89. The van der Waals surface area contributed by atoms with Crippen LogP contribution in [0.5, 0.6) is 0 Å². The highest BCUT2D eigenvalue weighted by molar-refractivity contribution is 5.67. The Morgan fingerprint density at radius 2 is 1.57 bits per heavy atom. The molecule has 9 nitrogen and oxygen atoms in total. The fourth-order valence-corrected chi connectivity index (χ4v) is 1.95. The topological polar surface area (TPSA) is 134 Å². The van der Waals surface area contributed by atoms with Gasteiger partial charge in [-0.05, 0) is 0 Å². The minimum Gasteiger partial charge on any atom is -0.463 e. The second-order valence-corrected chi connectivity index (χ2v) is 4.59. The third-order valence-electron chi connectivity index (χ3n) is 2.77. The highest BCUT2D eigenvalue weighted by Crippen LogP contribution is 2.24. The molecule has 0 unspecified atom stereocenters. The summed E-state index contributed by atoms with van der Waals surface area (Å²) in [4.78, 5) is 33.2. The monoisotopic (exact) mass is 305 g/mol. The van der Waals surface area contributed by atoms with E-state index in [1.807, 2.05) is 0 Å². The number of rotatable bonds is 4. The number of ether oxygens (including phenoxy) is 4. The van der Waals surface area contributed by atoms with Crippen molar-refractivity contribution in [1.29, 1.82) is 0 Å². The van der Waals surface area contributed by atoms with Gasteiger partial charge in [-0.1, -0.05) is 0 Å². The lowest BCUT2D eigenvalue weighted by Gasteiger charge is -2.41. The summed E-state index contributed by atoms with van der Waals surface area (Å²) in [6, 6.07) is -1.10. The van der Waals surface area contributed by atoms with E-state index >= 15 is 0 Å². The van der Waals surface area contributed by atoms with E-state index in [0.29, 0.717) is 0 Å². The smallest absolute Gasteiger partial charge is 0.303 e. The minimum absolute atomic E-state index is 0.283. The van der Waals surface area contributed by atoms with Gasteiger partial charge in [0.05, 0.1) is 6.04 Å². The number of hydrogen-bond acceptors (Lipinski definition) is 9. The van der Waals surface area contributed by atoms with Gasteiger partial charge in [0.25, 0.3) is 0 Å². The van der Waals surface area contributed by atoms with Gasteiger partial charge in [0, 0.05) is 20.8 Å². The summed E-state index contributed by atoms with van der Waals surface area (Å²) in [7, 11) is 0. The maximum absolute atomic E-state index is 11.2. The van der Waals surface area contributed by atoms with Crippen molar-refractivity contribution in [3.8, 4) is 0 Å². The SMILES string of the molecule is CC(=O)OC[C@H]1O[C@H](O)[C@@H](N)[C@@H](OC(C)=O)[C@@H]1OC(C)=O. The van der Waals surface area contributed by atoms with E-state index in [-0.39, 0.29) is 6.61 Å². The molecule has 21 heavy (non-hydrogen) atoms. The van der Waals surface area contributed by atoms with E-state index in [9.17, 15) is 19.5 Å². The molecule has 9 heteroatoms. The molecule has 0 amide bonds. The Bertz CT molecular complexity index is 412. The Kier molecular flexibility index (Phi) is 6.06. The molecule has 1 fully saturated rings. The largest absolute Gasteiger partial charge is 0.463 e. The van der Waals surface area contributed by atoms with Crippen LogP contribution < -0.4 is 5.73 Å². The zero-order chi connectivity index (χ0) is 16.2. The molecule has 120 valence electrons. The minimum atomic E-state index is -1.46. The predicted octanol–water partition coefficient (Wildman–Crippen LogP) is -1.54. The first-order chi connectivity index (χ1) is 9.72. The van der Waals surface area contributed by atoms with E-state index in [4.69, 9.17) is 24.7 Å². The molecule has 0 aliphatic carbocycles. The van der Waals surface area contributed by atoms with Crippen molar-refractivity contribution in [3.05, 3.63) is 0 Å². The van der Waals surface area contributed by atoms with E-state index in [2.05, 4.69) is 0 Å². The Hall–Kier alpha value is -1.71. The van der Waals surface area contributed by atoms with E-state index < -0.39 is 48.6 Å². The van der Waals surface area contributed by atoms with Crippen LogP contribution in [0.15, 0.2) is 0 Å². The lowest BCUT2D eigenvalue weighted by molar-refractivity contribution is -0.260. The van der Waals surface area contributed by atoms with Crippen molar-refractivity contribution in [1.82, 2.24) is 0 Å². The average Bonchev–Trinajstić information content (AvgIpc) is 2.35. The van der Waals surface area contributed by atoms with Crippen LogP contribution in [-0.2, 0) is 33.3 Å². The molecule has 1 aliphatic rings. The molecule has 1 rings (SSSR count). The van der Waals surface area contributed by atoms with Crippen LogP contribution in [0, 0.1) is 0 Å². The first kappa shape index (κ1) is 17.3. The molecule has 0 radical (unpaired) electrons. The molecule has 5 atom stereocenters. The van der Waals surface area contributed by atoms with Crippen molar-refractivity contribution in [2.75, 3.05) is 6.61 Å². The predicted molar refractivity (Wildman–Crippen MR) is 66.6 cm³/mol. The van der Waals surface area contributed by atoms with Crippen molar-refractivity contribution in [2.24, 2.45) is 5.73 Å². The van der Waals surface area contributed by atoms with Crippen molar-refractivity contribution in [3.63, 3.8) is 0 Å². The summed E-state index contributed by atoms with van der Waals surface area (Å²) in [5.41, 5.74) is 5.70. The fraction of sp³-hybridized carbons (Fsp3) is 0.750. The zero-order valence-corrected chi connectivity index (χ0v) is 12.0. The maximum atomic E-state index is 11.2. The van der Waals surface area contributed by atoms with Crippen LogP contribution in [0.4, 0.5) is 0 Å². The van der Waals surface area contributed by atoms with Gasteiger partial charge in [-0.15, -0.1) is 0 Å². The normalized spacial score (nSPS) is 32.1. The molecule has 3 N–H and O–H groups in total. The van der Waals surface area contributed by atoms with Crippen LogP contribution in [0.1, 0.15) is 20.8 Å². The van der Waals surface area contributed by atoms with Gasteiger partial charge in [0.2, 0.25) is 0 Å². The van der Waals surface area contributed by atoms with Gasteiger partial charge < -0.3 is 29.8 Å². The van der Waals surface area contributed by atoms with Gasteiger partial charge >= 0.3 is 17.9 Å². The van der Waals surface area contributed by atoms with Gasteiger partial charge in [-0.25, -0.2) is 0 Å². The number of aliphatic hydroxyl groups excluding tert-OH is 1. The molecule has 1 heterocycles. The highest BCUT2D eigenvalue weighted by Gasteiger charge is 2.48. The number of carbonyl (C=O) groups is 3. The van der Waals surface area contributed by atoms with Crippen molar-refractivity contribution in [2.45, 2.75) is 51.4 Å². The molecule has 0 aromatic rings. The number of esters is 3. The Morgan fingerprint density at radius 3 is 2.05 bits per heavy atom. The number of carbonyl (C=O) groups excluding carboxylic acids is 3. The highest BCUT2D eigenvalue weighted by atomic mass is 16.7. The fourth-order valence-electron chi connectivity index (χ4n) is 1.95. The molecule has 0 spiro atoms. The van der Waals surface area contributed by atoms with Crippen LogP contribution in [0.3, 0.4) is 0 Å². The summed E-state index contributed by atoms with van der Waals surface area (Å²) in [5, 5.41) is 9.73. The van der Waals surface area contributed by atoms with Gasteiger partial charge in [0.1, 0.15) is 12.7 Å². The van der Waals surface area contributed by atoms with Gasteiger partial charge in [0.15, 0.2) is 18.5 Å². The summed E-state index contributed by atoms with van der Waals surface area (Å²) >= 11 is 0. The third-order valence-corrected chi connectivity index (χ3v) is 2.77. The maximum Gasteiger partial charge on any atom is 0.303 e. The Morgan fingerprint density at radius 1 is 1.05 bits per heavy atom. The Labute approximate surface area is 121 Å². The zero-order valence-electron chi connectivity index (χ0n) is 12.0. The lowest BCUT2D eigenvalue weighted by Crippen LogP contribution is -2.64. The van der Waals surface area contributed by atoms with Gasteiger partial charge in [-0.3, -0.25) is 14.4 Å². The second kappa shape index (κ2) is 7.34. The molecule has 0 bridgehead atoms. The number of nitrogens with two attached hydrogens (primary N) is 1. The van der Waals surface area contributed by atoms with Crippen LogP contribution in [-0.4, -0.2) is 60.3 Å². The quantitative estimate of drug-likeness (QED) is 0.468.